The standard InChI is InChI=1S/C13H19ClO/c1-13(2,9-6-10-14)15-11-12-7-4-3-5-8-12/h3-5,7-8H,6,9-11H2,1-2H3. The molecular formula is C13H19ClO. The second-order valence-corrected chi connectivity index (χ2v) is 4.70. The molecule has 2 heteroatoms. The van der Waals surface area contributed by atoms with Crippen molar-refractivity contribution in [2.75, 3.05) is 5.88 Å². The van der Waals surface area contributed by atoms with Gasteiger partial charge in [-0.25, -0.2) is 0 Å². The SMILES string of the molecule is CC(C)(CCCCl)OCc1ccccc1. The van der Waals surface area contributed by atoms with E-state index in [1.807, 2.05) is 18.2 Å². The molecule has 1 aromatic carbocycles. The van der Waals surface area contributed by atoms with Gasteiger partial charge in [0.2, 0.25) is 0 Å². The molecule has 0 aliphatic carbocycles. The Morgan fingerprint density at radius 1 is 1.20 bits per heavy atom. The highest BCUT2D eigenvalue weighted by Crippen LogP contribution is 2.19. The first-order valence-electron chi connectivity index (χ1n) is 5.38. The molecule has 0 N–H and O–H groups in total. The lowest BCUT2D eigenvalue weighted by atomic mass is 10.0. The van der Waals surface area contributed by atoms with Crippen LogP contribution in [0.5, 0.6) is 0 Å². The maximum atomic E-state index is 5.86. The average molecular weight is 227 g/mol. The van der Waals surface area contributed by atoms with E-state index in [1.165, 1.54) is 5.56 Å². The van der Waals surface area contributed by atoms with E-state index in [0.717, 1.165) is 12.8 Å². The van der Waals surface area contributed by atoms with Gasteiger partial charge in [-0.1, -0.05) is 30.3 Å². The first-order chi connectivity index (χ1) is 7.14. The molecule has 0 fully saturated rings. The van der Waals surface area contributed by atoms with Crippen LogP contribution in [0.15, 0.2) is 30.3 Å². The van der Waals surface area contributed by atoms with E-state index < -0.39 is 0 Å². The van der Waals surface area contributed by atoms with Gasteiger partial charge in [-0.05, 0) is 32.3 Å². The fourth-order valence-corrected chi connectivity index (χ4v) is 1.55. The van der Waals surface area contributed by atoms with Gasteiger partial charge >= 0.3 is 0 Å². The molecule has 0 spiro atoms. The molecule has 0 radical (unpaired) electrons. The molecule has 84 valence electrons. The van der Waals surface area contributed by atoms with Crippen LogP contribution in [0.3, 0.4) is 0 Å². The van der Waals surface area contributed by atoms with Crippen molar-refractivity contribution >= 4 is 11.6 Å². The van der Waals surface area contributed by atoms with Crippen LogP contribution in [-0.2, 0) is 11.3 Å². The minimum absolute atomic E-state index is 0.0786. The largest absolute Gasteiger partial charge is 0.371 e. The third-order valence-corrected chi connectivity index (χ3v) is 2.65. The Hall–Kier alpha value is -0.530. The topological polar surface area (TPSA) is 9.23 Å². The van der Waals surface area contributed by atoms with Gasteiger partial charge in [-0.15, -0.1) is 11.6 Å². The smallest absolute Gasteiger partial charge is 0.0724 e. The summed E-state index contributed by atoms with van der Waals surface area (Å²) >= 11 is 5.67. The highest BCUT2D eigenvalue weighted by Gasteiger charge is 2.17. The lowest BCUT2D eigenvalue weighted by molar-refractivity contribution is -0.0351. The van der Waals surface area contributed by atoms with Crippen LogP contribution in [0.4, 0.5) is 0 Å². The van der Waals surface area contributed by atoms with Crippen molar-refractivity contribution in [3.63, 3.8) is 0 Å². The van der Waals surface area contributed by atoms with Gasteiger partial charge in [0.05, 0.1) is 12.2 Å². The van der Waals surface area contributed by atoms with Gasteiger partial charge in [0.15, 0.2) is 0 Å². The third kappa shape index (κ3) is 5.19. The minimum atomic E-state index is -0.0786. The maximum absolute atomic E-state index is 5.86. The molecule has 1 rings (SSSR count). The molecule has 0 amide bonds. The molecule has 0 saturated heterocycles. The molecular weight excluding hydrogens is 208 g/mol. The highest BCUT2D eigenvalue weighted by molar-refractivity contribution is 6.17. The number of halogens is 1. The van der Waals surface area contributed by atoms with Crippen molar-refractivity contribution in [2.45, 2.75) is 38.9 Å². The van der Waals surface area contributed by atoms with Gasteiger partial charge in [0.1, 0.15) is 0 Å². The number of hydrogen-bond acceptors (Lipinski definition) is 1. The molecule has 0 aliphatic rings. The Labute approximate surface area is 97.4 Å². The van der Waals surface area contributed by atoms with Crippen LogP contribution >= 0.6 is 11.6 Å². The van der Waals surface area contributed by atoms with Crippen molar-refractivity contribution in [1.82, 2.24) is 0 Å². The number of ether oxygens (including phenoxy) is 1. The number of alkyl halides is 1. The number of benzene rings is 1. The summed E-state index contributed by atoms with van der Waals surface area (Å²) in [5.74, 6) is 0.706. The predicted octanol–water partition coefficient (Wildman–Crippen LogP) is 4.00. The Morgan fingerprint density at radius 2 is 1.87 bits per heavy atom. The third-order valence-electron chi connectivity index (χ3n) is 2.38. The van der Waals surface area contributed by atoms with Gasteiger partial charge < -0.3 is 4.74 Å². The lowest BCUT2D eigenvalue weighted by Gasteiger charge is -2.25. The van der Waals surface area contributed by atoms with Crippen molar-refractivity contribution in [3.05, 3.63) is 35.9 Å². The van der Waals surface area contributed by atoms with E-state index in [-0.39, 0.29) is 5.60 Å². The molecule has 0 aliphatic heterocycles. The molecule has 0 saturated carbocycles. The first kappa shape index (κ1) is 12.5. The number of rotatable bonds is 6. The molecule has 15 heavy (non-hydrogen) atoms. The predicted molar refractivity (Wildman–Crippen MR) is 65.3 cm³/mol. The van der Waals surface area contributed by atoms with Crippen molar-refractivity contribution in [3.8, 4) is 0 Å². The summed E-state index contributed by atoms with van der Waals surface area (Å²) in [7, 11) is 0. The van der Waals surface area contributed by atoms with Crippen LogP contribution in [0, 0.1) is 0 Å². The van der Waals surface area contributed by atoms with E-state index in [4.69, 9.17) is 16.3 Å². The molecule has 0 bridgehead atoms. The van der Waals surface area contributed by atoms with E-state index in [2.05, 4.69) is 26.0 Å². The Kier molecular flexibility index (Phi) is 5.13. The van der Waals surface area contributed by atoms with Gasteiger partial charge in [-0.2, -0.15) is 0 Å². The minimum Gasteiger partial charge on any atom is -0.371 e. The van der Waals surface area contributed by atoms with Crippen LogP contribution in [0.25, 0.3) is 0 Å². The number of hydrogen-bond donors (Lipinski definition) is 0. The summed E-state index contributed by atoms with van der Waals surface area (Å²) in [5.41, 5.74) is 1.14. The Morgan fingerprint density at radius 3 is 2.47 bits per heavy atom. The zero-order valence-corrected chi connectivity index (χ0v) is 10.3. The van der Waals surface area contributed by atoms with Gasteiger partial charge in [0.25, 0.3) is 0 Å². The second-order valence-electron chi connectivity index (χ2n) is 4.33. The monoisotopic (exact) mass is 226 g/mol. The van der Waals surface area contributed by atoms with Crippen LogP contribution < -0.4 is 0 Å². The lowest BCUT2D eigenvalue weighted by Crippen LogP contribution is -2.24. The fourth-order valence-electron chi connectivity index (χ4n) is 1.42. The molecule has 0 aromatic heterocycles. The summed E-state index contributed by atoms with van der Waals surface area (Å²) in [6.45, 7) is 4.90. The zero-order valence-electron chi connectivity index (χ0n) is 9.50. The molecule has 0 unspecified atom stereocenters. The van der Waals surface area contributed by atoms with E-state index in [0.29, 0.717) is 12.5 Å². The molecule has 0 heterocycles. The van der Waals surface area contributed by atoms with Crippen LogP contribution in [-0.4, -0.2) is 11.5 Å². The fraction of sp³-hybridized carbons (Fsp3) is 0.538. The molecule has 0 atom stereocenters. The molecule has 1 nitrogen and oxygen atoms in total. The van der Waals surface area contributed by atoms with Crippen molar-refractivity contribution in [1.29, 1.82) is 0 Å². The normalized spacial score (nSPS) is 11.7. The van der Waals surface area contributed by atoms with Crippen molar-refractivity contribution in [2.24, 2.45) is 0 Å². The second kappa shape index (κ2) is 6.14. The zero-order chi connectivity index (χ0) is 11.1. The van der Waals surface area contributed by atoms with Gasteiger partial charge in [0, 0.05) is 5.88 Å². The Balaban J connectivity index is 2.35. The summed E-state index contributed by atoms with van der Waals surface area (Å²) in [6, 6.07) is 10.2. The highest BCUT2D eigenvalue weighted by atomic mass is 35.5. The van der Waals surface area contributed by atoms with Crippen molar-refractivity contribution < 1.29 is 4.74 Å². The average Bonchev–Trinajstić information content (AvgIpc) is 2.25. The van der Waals surface area contributed by atoms with Gasteiger partial charge in [-0.3, -0.25) is 0 Å². The van der Waals surface area contributed by atoms with E-state index in [1.54, 1.807) is 0 Å². The maximum Gasteiger partial charge on any atom is 0.0724 e. The summed E-state index contributed by atoms with van der Waals surface area (Å²) in [5, 5.41) is 0. The summed E-state index contributed by atoms with van der Waals surface area (Å²) in [4.78, 5) is 0. The molecule has 1 aromatic rings. The summed E-state index contributed by atoms with van der Waals surface area (Å²) < 4.78 is 5.86. The van der Waals surface area contributed by atoms with E-state index >= 15 is 0 Å². The summed E-state index contributed by atoms with van der Waals surface area (Å²) in [6.07, 6.45) is 2.01. The quantitative estimate of drug-likeness (QED) is 0.667. The first-order valence-corrected chi connectivity index (χ1v) is 5.91. The van der Waals surface area contributed by atoms with Crippen LogP contribution in [0.2, 0.25) is 0 Å². The van der Waals surface area contributed by atoms with Crippen LogP contribution in [0.1, 0.15) is 32.3 Å². The Bertz CT molecular complexity index is 269. The van der Waals surface area contributed by atoms with E-state index in [9.17, 15) is 0 Å².